The maximum Gasteiger partial charge on any atom is 0.189 e. The first-order chi connectivity index (χ1) is 10.3. The van der Waals surface area contributed by atoms with Gasteiger partial charge in [0.25, 0.3) is 0 Å². The molecule has 21 heavy (non-hydrogen) atoms. The second-order valence-corrected chi connectivity index (χ2v) is 6.31. The molecule has 1 aromatic heterocycles. The number of halogens is 1. The van der Waals surface area contributed by atoms with Crippen molar-refractivity contribution in [3.8, 4) is 11.3 Å². The number of nitrogens with one attached hydrogen (secondary N) is 1. The molecule has 2 aromatic carbocycles. The van der Waals surface area contributed by atoms with Crippen LogP contribution in [0.2, 0.25) is 5.02 Å². The van der Waals surface area contributed by atoms with Crippen LogP contribution in [0.5, 0.6) is 0 Å². The molecular formula is C16H12ClN3S. The molecule has 0 amide bonds. The molecule has 1 unspecified atom stereocenters. The lowest BCUT2D eigenvalue weighted by Crippen LogP contribution is -2.13. The standard InChI is InChI=1S/C16H12ClN3S/c17-13-8-6-11(7-9-13)14-10-18-16-20(14)19-15(21-16)12-4-2-1-3-5-12/h1-10,15,19H. The van der Waals surface area contributed by atoms with Gasteiger partial charge in [0.15, 0.2) is 5.16 Å². The number of nitrogens with zero attached hydrogens (tertiary/aromatic N) is 2. The van der Waals surface area contributed by atoms with Gasteiger partial charge >= 0.3 is 0 Å². The van der Waals surface area contributed by atoms with Crippen LogP contribution in [0.3, 0.4) is 0 Å². The zero-order valence-corrected chi connectivity index (χ0v) is 12.6. The lowest BCUT2D eigenvalue weighted by molar-refractivity contribution is 0.793. The van der Waals surface area contributed by atoms with Crippen LogP contribution in [-0.4, -0.2) is 9.66 Å². The molecule has 1 aliphatic rings. The Balaban J connectivity index is 1.67. The summed E-state index contributed by atoms with van der Waals surface area (Å²) < 4.78 is 2.05. The minimum atomic E-state index is 0.195. The highest BCUT2D eigenvalue weighted by molar-refractivity contribution is 7.99. The van der Waals surface area contributed by atoms with Gasteiger partial charge in [0, 0.05) is 10.6 Å². The predicted molar refractivity (Wildman–Crippen MR) is 87.1 cm³/mol. The number of fused-ring (bicyclic) bond motifs is 1. The summed E-state index contributed by atoms with van der Waals surface area (Å²) >= 11 is 7.67. The van der Waals surface area contributed by atoms with Crippen molar-refractivity contribution in [2.45, 2.75) is 10.5 Å². The Bertz CT molecular complexity index is 768. The van der Waals surface area contributed by atoms with Gasteiger partial charge in [0.05, 0.1) is 11.9 Å². The van der Waals surface area contributed by atoms with Crippen molar-refractivity contribution in [1.82, 2.24) is 9.66 Å². The molecule has 3 nitrogen and oxygen atoms in total. The van der Waals surface area contributed by atoms with Crippen LogP contribution < -0.4 is 5.43 Å². The van der Waals surface area contributed by atoms with E-state index in [1.807, 2.05) is 41.2 Å². The van der Waals surface area contributed by atoms with E-state index < -0.39 is 0 Å². The van der Waals surface area contributed by atoms with Gasteiger partial charge in [-0.15, -0.1) is 0 Å². The number of aromatic nitrogens is 2. The highest BCUT2D eigenvalue weighted by Crippen LogP contribution is 2.40. The third-order valence-electron chi connectivity index (χ3n) is 3.44. The smallest absolute Gasteiger partial charge is 0.189 e. The molecule has 1 atom stereocenters. The average molecular weight is 314 g/mol. The van der Waals surface area contributed by atoms with Crippen molar-refractivity contribution < 1.29 is 0 Å². The van der Waals surface area contributed by atoms with Crippen LogP contribution >= 0.6 is 23.4 Å². The van der Waals surface area contributed by atoms with Gasteiger partial charge in [-0.05, 0) is 17.7 Å². The van der Waals surface area contributed by atoms with Gasteiger partial charge < -0.3 is 5.43 Å². The van der Waals surface area contributed by atoms with Gasteiger partial charge in [-0.1, -0.05) is 65.8 Å². The Morgan fingerprint density at radius 2 is 1.81 bits per heavy atom. The molecule has 0 spiro atoms. The fourth-order valence-corrected chi connectivity index (χ4v) is 3.54. The molecule has 0 saturated carbocycles. The predicted octanol–water partition coefficient (Wildman–Crippen LogP) is 4.55. The molecule has 1 aliphatic heterocycles. The van der Waals surface area contributed by atoms with E-state index in [9.17, 15) is 0 Å². The molecular weight excluding hydrogens is 302 g/mol. The Morgan fingerprint density at radius 3 is 2.57 bits per heavy atom. The number of thioether (sulfide) groups is 1. The average Bonchev–Trinajstić information content (AvgIpc) is 3.09. The number of benzene rings is 2. The van der Waals surface area contributed by atoms with Crippen LogP contribution in [-0.2, 0) is 0 Å². The number of imidazole rings is 1. The quantitative estimate of drug-likeness (QED) is 0.752. The lowest BCUT2D eigenvalue weighted by Gasteiger charge is -2.12. The van der Waals surface area contributed by atoms with Crippen molar-refractivity contribution in [3.63, 3.8) is 0 Å². The maximum absolute atomic E-state index is 5.95. The monoisotopic (exact) mass is 313 g/mol. The molecule has 0 bridgehead atoms. The molecule has 2 heterocycles. The summed E-state index contributed by atoms with van der Waals surface area (Å²) in [4.78, 5) is 4.50. The Labute approximate surface area is 131 Å². The van der Waals surface area contributed by atoms with Gasteiger partial charge in [0.2, 0.25) is 0 Å². The van der Waals surface area contributed by atoms with Crippen LogP contribution in [0.15, 0.2) is 66.0 Å². The van der Waals surface area contributed by atoms with Crippen LogP contribution in [0.25, 0.3) is 11.3 Å². The van der Waals surface area contributed by atoms with Gasteiger partial charge in [-0.3, -0.25) is 0 Å². The second kappa shape index (κ2) is 5.13. The SMILES string of the molecule is Clc1ccc(-c2cnc3n2NC(c2ccccc2)S3)cc1. The molecule has 1 N–H and O–H groups in total. The van der Waals surface area contributed by atoms with Gasteiger partial charge in [-0.25, -0.2) is 9.66 Å². The van der Waals surface area contributed by atoms with E-state index >= 15 is 0 Å². The Kier molecular flexibility index (Phi) is 3.13. The summed E-state index contributed by atoms with van der Waals surface area (Å²) in [7, 11) is 0. The van der Waals surface area contributed by atoms with E-state index in [1.165, 1.54) is 5.56 Å². The van der Waals surface area contributed by atoms with Crippen molar-refractivity contribution in [2.24, 2.45) is 0 Å². The highest BCUT2D eigenvalue weighted by atomic mass is 35.5. The molecule has 0 aliphatic carbocycles. The summed E-state index contributed by atoms with van der Waals surface area (Å²) in [6.07, 6.45) is 1.89. The van der Waals surface area contributed by atoms with E-state index in [0.717, 1.165) is 21.4 Å². The minimum Gasteiger partial charge on any atom is -0.305 e. The first-order valence-corrected chi connectivity index (χ1v) is 7.89. The zero-order valence-electron chi connectivity index (χ0n) is 11.0. The van der Waals surface area contributed by atoms with E-state index in [2.05, 4.69) is 34.7 Å². The largest absolute Gasteiger partial charge is 0.305 e. The normalized spacial score (nSPS) is 16.5. The minimum absolute atomic E-state index is 0.195. The maximum atomic E-state index is 5.95. The summed E-state index contributed by atoms with van der Waals surface area (Å²) in [5.74, 6) is 0. The van der Waals surface area contributed by atoms with Crippen molar-refractivity contribution in [1.29, 1.82) is 0 Å². The Hall–Kier alpha value is -1.91. The fraction of sp³-hybridized carbons (Fsp3) is 0.0625. The summed E-state index contributed by atoms with van der Waals surface area (Å²) in [6.45, 7) is 0. The molecule has 3 aromatic rings. The number of rotatable bonds is 2. The van der Waals surface area contributed by atoms with E-state index in [4.69, 9.17) is 11.6 Å². The fourth-order valence-electron chi connectivity index (χ4n) is 2.39. The summed E-state index contributed by atoms with van der Waals surface area (Å²) in [5.41, 5.74) is 6.89. The van der Waals surface area contributed by atoms with Gasteiger partial charge in [-0.2, -0.15) is 0 Å². The summed E-state index contributed by atoms with van der Waals surface area (Å²) in [5, 5.41) is 1.92. The van der Waals surface area contributed by atoms with E-state index in [1.54, 1.807) is 11.8 Å². The van der Waals surface area contributed by atoms with Crippen LogP contribution in [0.4, 0.5) is 0 Å². The molecule has 4 rings (SSSR count). The Morgan fingerprint density at radius 1 is 1.05 bits per heavy atom. The summed E-state index contributed by atoms with van der Waals surface area (Å²) in [6, 6.07) is 18.2. The van der Waals surface area contributed by atoms with Crippen molar-refractivity contribution in [3.05, 3.63) is 71.4 Å². The molecule has 5 heteroatoms. The first kappa shape index (κ1) is 12.8. The van der Waals surface area contributed by atoms with E-state index in [-0.39, 0.29) is 5.37 Å². The number of hydrogen-bond acceptors (Lipinski definition) is 3. The highest BCUT2D eigenvalue weighted by Gasteiger charge is 2.26. The number of hydrogen-bond donors (Lipinski definition) is 1. The zero-order chi connectivity index (χ0) is 14.2. The third kappa shape index (κ3) is 2.30. The third-order valence-corrected chi connectivity index (χ3v) is 4.81. The second-order valence-electron chi connectivity index (χ2n) is 4.81. The first-order valence-electron chi connectivity index (χ1n) is 6.63. The molecule has 104 valence electrons. The molecule has 0 saturated heterocycles. The van der Waals surface area contributed by atoms with E-state index in [0.29, 0.717) is 0 Å². The van der Waals surface area contributed by atoms with Crippen molar-refractivity contribution in [2.75, 3.05) is 5.43 Å². The van der Waals surface area contributed by atoms with Crippen LogP contribution in [0, 0.1) is 0 Å². The van der Waals surface area contributed by atoms with Crippen molar-refractivity contribution >= 4 is 23.4 Å². The van der Waals surface area contributed by atoms with Gasteiger partial charge in [0.1, 0.15) is 5.37 Å². The topological polar surface area (TPSA) is 29.9 Å². The lowest BCUT2D eigenvalue weighted by atomic mass is 10.2. The molecule has 0 radical (unpaired) electrons. The molecule has 0 fully saturated rings. The van der Waals surface area contributed by atoms with Crippen LogP contribution in [0.1, 0.15) is 10.9 Å².